The van der Waals surface area contributed by atoms with Crippen molar-refractivity contribution in [2.24, 2.45) is 11.8 Å². The molecule has 1 aliphatic carbocycles. The number of aryl methyl sites for hydroxylation is 2. The number of nitrogens with zero attached hydrogens (tertiary/aromatic N) is 4. The van der Waals surface area contributed by atoms with Gasteiger partial charge >= 0.3 is 0 Å². The number of aliphatic hydroxyl groups excluding tert-OH is 1. The van der Waals surface area contributed by atoms with Gasteiger partial charge in [-0.1, -0.05) is 0 Å². The lowest BCUT2D eigenvalue weighted by Crippen LogP contribution is -2.47. The van der Waals surface area contributed by atoms with Gasteiger partial charge in [-0.3, -0.25) is 9.78 Å². The maximum absolute atomic E-state index is 13.0. The van der Waals surface area contributed by atoms with Gasteiger partial charge in [0, 0.05) is 70.2 Å². The van der Waals surface area contributed by atoms with E-state index in [-0.39, 0.29) is 18.4 Å². The summed E-state index contributed by atoms with van der Waals surface area (Å²) in [5, 5.41) is 9.83. The number of carbonyl (C=O) groups is 1. The van der Waals surface area contributed by atoms with Gasteiger partial charge in [-0.25, -0.2) is 0 Å². The van der Waals surface area contributed by atoms with Crippen molar-refractivity contribution in [1.82, 2.24) is 19.7 Å². The molecule has 2 atom stereocenters. The monoisotopic (exact) mass is 358 g/mol. The van der Waals surface area contributed by atoms with Crippen molar-refractivity contribution in [3.05, 3.63) is 29.1 Å². The zero-order chi connectivity index (χ0) is 18.1. The molecular weight excluding hydrogens is 328 g/mol. The molecule has 4 rings (SSSR count). The fraction of sp³-hybridized carbons (Fsp3) is 0.700. The molecule has 0 radical (unpaired) electrons. The highest BCUT2D eigenvalue weighted by atomic mass is 16.3. The van der Waals surface area contributed by atoms with E-state index in [4.69, 9.17) is 0 Å². The molecule has 1 N–H and O–H groups in total. The maximum Gasteiger partial charge on any atom is 0.255 e. The maximum atomic E-state index is 13.0. The number of hydrogen-bond donors (Lipinski definition) is 1. The lowest BCUT2D eigenvalue weighted by molar-refractivity contribution is 0.0776. The number of amides is 1. The van der Waals surface area contributed by atoms with Crippen LogP contribution in [0.1, 0.15) is 28.0 Å². The predicted molar refractivity (Wildman–Crippen MR) is 100 cm³/mol. The van der Waals surface area contributed by atoms with Crippen molar-refractivity contribution < 1.29 is 9.90 Å². The van der Waals surface area contributed by atoms with Crippen LogP contribution in [-0.4, -0.2) is 90.2 Å². The molecule has 6 heteroatoms. The zero-order valence-corrected chi connectivity index (χ0v) is 15.7. The first-order chi connectivity index (χ1) is 12.6. The Morgan fingerprint density at radius 3 is 2.73 bits per heavy atom. The van der Waals surface area contributed by atoms with E-state index in [1.807, 2.05) is 11.0 Å². The van der Waals surface area contributed by atoms with Crippen LogP contribution in [0.5, 0.6) is 0 Å². The Hall–Kier alpha value is -1.50. The zero-order valence-electron chi connectivity index (χ0n) is 15.7. The number of fused-ring (bicyclic) bond motifs is 1. The molecule has 1 amide bonds. The highest BCUT2D eigenvalue weighted by Gasteiger charge is 2.36. The van der Waals surface area contributed by atoms with Crippen LogP contribution in [0.2, 0.25) is 0 Å². The van der Waals surface area contributed by atoms with Crippen LogP contribution in [0.4, 0.5) is 0 Å². The quantitative estimate of drug-likeness (QED) is 0.849. The second kappa shape index (κ2) is 7.62. The molecule has 1 aromatic rings. The molecule has 3 aliphatic rings. The van der Waals surface area contributed by atoms with Crippen molar-refractivity contribution >= 4 is 5.91 Å². The number of hydrogen-bond acceptors (Lipinski definition) is 5. The molecule has 0 bridgehead atoms. The summed E-state index contributed by atoms with van der Waals surface area (Å²) in [7, 11) is 2.16. The van der Waals surface area contributed by atoms with Gasteiger partial charge in [-0.15, -0.1) is 0 Å². The largest absolute Gasteiger partial charge is 0.396 e. The number of aliphatic hydroxyl groups is 1. The van der Waals surface area contributed by atoms with Crippen molar-refractivity contribution in [1.29, 1.82) is 0 Å². The molecule has 2 aliphatic heterocycles. The lowest BCUT2D eigenvalue weighted by atomic mass is 9.96. The predicted octanol–water partition coefficient (Wildman–Crippen LogP) is 0.498. The fourth-order valence-corrected chi connectivity index (χ4v) is 4.61. The molecule has 26 heavy (non-hydrogen) atoms. The van der Waals surface area contributed by atoms with Crippen LogP contribution in [0.3, 0.4) is 0 Å². The number of aromatic nitrogens is 1. The van der Waals surface area contributed by atoms with Gasteiger partial charge in [0.1, 0.15) is 0 Å². The number of pyridine rings is 1. The first kappa shape index (κ1) is 17.9. The first-order valence-electron chi connectivity index (χ1n) is 9.93. The van der Waals surface area contributed by atoms with Crippen LogP contribution in [0.15, 0.2) is 12.3 Å². The molecule has 2 saturated heterocycles. The van der Waals surface area contributed by atoms with E-state index in [0.717, 1.165) is 64.2 Å². The number of piperazine rings is 1. The summed E-state index contributed by atoms with van der Waals surface area (Å²) in [6.07, 6.45) is 4.96. The number of likely N-dealkylation sites (tertiary alicyclic amines) is 1. The van der Waals surface area contributed by atoms with E-state index >= 15 is 0 Å². The summed E-state index contributed by atoms with van der Waals surface area (Å²) in [6.45, 7) is 6.88. The Labute approximate surface area is 155 Å². The second-order valence-electron chi connectivity index (χ2n) is 8.20. The molecule has 0 aromatic carbocycles. The molecular formula is C20H30N4O2. The molecule has 2 unspecified atom stereocenters. The van der Waals surface area contributed by atoms with E-state index in [0.29, 0.717) is 18.0 Å². The Kier molecular flexibility index (Phi) is 5.25. The van der Waals surface area contributed by atoms with Crippen molar-refractivity contribution in [3.8, 4) is 0 Å². The van der Waals surface area contributed by atoms with Crippen LogP contribution < -0.4 is 0 Å². The summed E-state index contributed by atoms with van der Waals surface area (Å²) < 4.78 is 0. The molecule has 3 heterocycles. The van der Waals surface area contributed by atoms with E-state index < -0.39 is 0 Å². The lowest BCUT2D eigenvalue weighted by Gasteiger charge is -2.34. The van der Waals surface area contributed by atoms with Crippen molar-refractivity contribution in [2.45, 2.75) is 19.3 Å². The molecule has 1 aromatic heterocycles. The SMILES string of the molecule is CN1CCN(CC2CN(C(=O)c3cnc4c(c3)CCC4)CC2CO)CC1. The fourth-order valence-electron chi connectivity index (χ4n) is 4.61. The molecule has 0 spiro atoms. The number of likely N-dealkylation sites (N-methyl/N-ethyl adjacent to an activating group) is 1. The van der Waals surface area contributed by atoms with Crippen LogP contribution in [-0.2, 0) is 12.8 Å². The van der Waals surface area contributed by atoms with Crippen LogP contribution in [0.25, 0.3) is 0 Å². The minimum atomic E-state index is 0.0755. The van der Waals surface area contributed by atoms with Crippen molar-refractivity contribution in [3.63, 3.8) is 0 Å². The first-order valence-corrected chi connectivity index (χ1v) is 9.93. The molecule has 142 valence electrons. The number of rotatable bonds is 4. The van der Waals surface area contributed by atoms with Gasteiger partial charge in [-0.05, 0) is 43.9 Å². The third-order valence-electron chi connectivity index (χ3n) is 6.35. The van der Waals surface area contributed by atoms with Gasteiger partial charge < -0.3 is 19.8 Å². The van der Waals surface area contributed by atoms with E-state index in [2.05, 4.69) is 21.8 Å². The highest BCUT2D eigenvalue weighted by Crippen LogP contribution is 2.27. The number of carbonyl (C=O) groups excluding carboxylic acids is 1. The van der Waals surface area contributed by atoms with Gasteiger partial charge in [0.25, 0.3) is 5.91 Å². The minimum Gasteiger partial charge on any atom is -0.396 e. The van der Waals surface area contributed by atoms with Crippen LogP contribution >= 0.6 is 0 Å². The standard InChI is InChI=1S/C20H30N4O2/c1-22-5-7-23(8-6-22)11-17-12-24(13-18(17)14-25)20(26)16-9-15-3-2-4-19(15)21-10-16/h9-10,17-18,25H,2-8,11-14H2,1H3. The van der Waals surface area contributed by atoms with Crippen molar-refractivity contribution in [2.75, 3.05) is 59.5 Å². The van der Waals surface area contributed by atoms with Gasteiger partial charge in [0.2, 0.25) is 0 Å². The van der Waals surface area contributed by atoms with Gasteiger partial charge in [0.05, 0.1) is 5.56 Å². The van der Waals surface area contributed by atoms with Crippen LogP contribution in [0, 0.1) is 11.8 Å². The van der Waals surface area contributed by atoms with E-state index in [9.17, 15) is 9.90 Å². The smallest absolute Gasteiger partial charge is 0.255 e. The summed E-state index contributed by atoms with van der Waals surface area (Å²) >= 11 is 0. The molecule has 2 fully saturated rings. The van der Waals surface area contributed by atoms with Gasteiger partial charge in [0.15, 0.2) is 0 Å². The Balaban J connectivity index is 1.40. The summed E-state index contributed by atoms with van der Waals surface area (Å²) in [5.74, 6) is 0.613. The minimum absolute atomic E-state index is 0.0755. The average Bonchev–Trinajstić information content (AvgIpc) is 3.29. The third-order valence-corrected chi connectivity index (χ3v) is 6.35. The summed E-state index contributed by atoms with van der Waals surface area (Å²) in [6, 6.07) is 2.04. The Morgan fingerprint density at radius 2 is 1.96 bits per heavy atom. The van der Waals surface area contributed by atoms with E-state index in [1.165, 1.54) is 5.56 Å². The highest BCUT2D eigenvalue weighted by molar-refractivity contribution is 5.94. The van der Waals surface area contributed by atoms with Gasteiger partial charge in [-0.2, -0.15) is 0 Å². The summed E-state index contributed by atoms with van der Waals surface area (Å²) in [4.78, 5) is 24.2. The normalized spacial score (nSPS) is 27.1. The second-order valence-corrected chi connectivity index (χ2v) is 8.20. The molecule has 6 nitrogen and oxygen atoms in total. The summed E-state index contributed by atoms with van der Waals surface area (Å²) in [5.41, 5.74) is 3.11. The average molecular weight is 358 g/mol. The molecule has 0 saturated carbocycles. The third kappa shape index (κ3) is 3.63. The Morgan fingerprint density at radius 1 is 1.19 bits per heavy atom. The topological polar surface area (TPSA) is 59.9 Å². The Bertz CT molecular complexity index is 657. The van der Waals surface area contributed by atoms with E-state index in [1.54, 1.807) is 6.20 Å².